The molecule has 178 valence electrons. The molecule has 0 aromatic heterocycles. The number of esters is 1. The molecular formula is C23H34N2O6S. The molecule has 1 spiro atoms. The SMILES string of the molecule is CCCc1ccc([S+](=O)([O-])N2CCC3(CC2)[C@@H](C(=O)OCC)[C@@H](O)C(=O)N3C(C)C)cc1. The molecule has 2 fully saturated rings. The van der Waals surface area contributed by atoms with Crippen molar-refractivity contribution in [2.45, 2.75) is 76.0 Å². The van der Waals surface area contributed by atoms with Crippen LogP contribution in [0.1, 0.15) is 52.5 Å². The molecule has 2 aliphatic rings. The Labute approximate surface area is 191 Å². The van der Waals surface area contributed by atoms with Gasteiger partial charge in [0.25, 0.3) is 5.91 Å². The standard InChI is InChI=1S/C23H34N2O6S/c1-5-7-17-8-10-18(11-9-17)32(29,30)24-14-12-23(13-15-24)19(22(28)31-6-2)20(26)21(27)25(23)16(3)4/h8-11,16,19-20,26H,5-7,12-15H2,1-4H3/t19-,20-/m1/s1. The summed E-state index contributed by atoms with van der Waals surface area (Å²) < 4.78 is 33.0. The molecule has 1 aromatic rings. The third kappa shape index (κ3) is 4.23. The van der Waals surface area contributed by atoms with Crippen molar-refractivity contribution >= 4 is 22.3 Å². The van der Waals surface area contributed by atoms with Crippen LogP contribution in [0, 0.1) is 5.92 Å². The van der Waals surface area contributed by atoms with E-state index in [1.165, 1.54) is 4.31 Å². The van der Waals surface area contributed by atoms with Gasteiger partial charge in [0.05, 0.1) is 12.1 Å². The minimum absolute atomic E-state index is 0.141. The number of aliphatic hydroxyl groups is 1. The number of likely N-dealkylation sites (tertiary alicyclic amines) is 1. The first-order chi connectivity index (χ1) is 15.1. The Kier molecular flexibility index (Phi) is 7.44. The summed E-state index contributed by atoms with van der Waals surface area (Å²) in [7, 11) is -3.70. The van der Waals surface area contributed by atoms with Gasteiger partial charge in [0.1, 0.15) is 12.0 Å². The van der Waals surface area contributed by atoms with Gasteiger partial charge in [-0.3, -0.25) is 9.59 Å². The van der Waals surface area contributed by atoms with Crippen LogP contribution >= 0.6 is 0 Å². The van der Waals surface area contributed by atoms with E-state index in [-0.39, 0.29) is 43.5 Å². The minimum Gasteiger partial charge on any atom is -0.593 e. The zero-order chi connectivity index (χ0) is 23.7. The number of amides is 1. The Morgan fingerprint density at radius 3 is 2.34 bits per heavy atom. The highest BCUT2D eigenvalue weighted by molar-refractivity contribution is 7.95. The predicted molar refractivity (Wildman–Crippen MR) is 119 cm³/mol. The molecule has 1 unspecified atom stereocenters. The van der Waals surface area contributed by atoms with Crippen molar-refractivity contribution in [2.75, 3.05) is 19.7 Å². The molecule has 9 heteroatoms. The van der Waals surface area contributed by atoms with Gasteiger partial charge in [-0.1, -0.05) is 29.7 Å². The van der Waals surface area contributed by atoms with Crippen LogP contribution in [0.4, 0.5) is 0 Å². The fraction of sp³-hybridized carbons (Fsp3) is 0.652. The number of rotatable bonds is 7. The maximum atomic E-state index is 13.2. The summed E-state index contributed by atoms with van der Waals surface area (Å²) in [6.45, 7) is 7.86. The molecule has 0 bridgehead atoms. The molecule has 1 N–H and O–H groups in total. The van der Waals surface area contributed by atoms with E-state index in [9.17, 15) is 23.5 Å². The smallest absolute Gasteiger partial charge is 0.314 e. The highest BCUT2D eigenvalue weighted by Gasteiger charge is 2.63. The van der Waals surface area contributed by atoms with Crippen LogP contribution in [-0.2, 0) is 35.4 Å². The van der Waals surface area contributed by atoms with Crippen molar-refractivity contribution in [2.24, 2.45) is 5.92 Å². The number of sulfonamides is 1. The molecule has 1 amide bonds. The summed E-state index contributed by atoms with van der Waals surface area (Å²) >= 11 is 0. The molecular weight excluding hydrogens is 432 g/mol. The Morgan fingerprint density at radius 2 is 1.84 bits per heavy atom. The Balaban J connectivity index is 1.86. The first kappa shape index (κ1) is 24.8. The Hall–Kier alpha value is -1.81. The largest absolute Gasteiger partial charge is 0.593 e. The fourth-order valence-electron chi connectivity index (χ4n) is 5.23. The number of ether oxygens (including phenoxy) is 1. The zero-order valence-corrected chi connectivity index (χ0v) is 20.1. The zero-order valence-electron chi connectivity index (χ0n) is 19.3. The molecule has 2 saturated heterocycles. The van der Waals surface area contributed by atoms with Crippen LogP contribution < -0.4 is 0 Å². The molecule has 3 rings (SSSR count). The molecule has 2 aliphatic heterocycles. The topological polar surface area (TPSA) is 110 Å². The molecule has 32 heavy (non-hydrogen) atoms. The number of nitrogens with zero attached hydrogens (tertiary/aromatic N) is 2. The Morgan fingerprint density at radius 1 is 1.25 bits per heavy atom. The second-order valence-electron chi connectivity index (χ2n) is 8.88. The normalized spacial score (nSPS) is 25.3. The van der Waals surface area contributed by atoms with E-state index in [0.717, 1.165) is 18.4 Å². The lowest BCUT2D eigenvalue weighted by molar-refractivity contribution is -0.156. The lowest BCUT2D eigenvalue weighted by atomic mass is 9.76. The first-order valence-corrected chi connectivity index (χ1v) is 12.8. The van der Waals surface area contributed by atoms with Crippen molar-refractivity contribution in [1.29, 1.82) is 0 Å². The lowest BCUT2D eigenvalue weighted by Gasteiger charge is -2.48. The summed E-state index contributed by atoms with van der Waals surface area (Å²) in [5.74, 6) is -2.14. The first-order valence-electron chi connectivity index (χ1n) is 11.4. The molecule has 0 saturated carbocycles. The van der Waals surface area contributed by atoms with Crippen molar-refractivity contribution < 1.29 is 28.2 Å². The maximum Gasteiger partial charge on any atom is 0.314 e. The molecule has 2 heterocycles. The number of aliphatic hydroxyl groups excluding tert-OH is 1. The highest BCUT2D eigenvalue weighted by Crippen LogP contribution is 2.46. The van der Waals surface area contributed by atoms with Crippen LogP contribution in [0.15, 0.2) is 29.2 Å². The monoisotopic (exact) mass is 466 g/mol. The van der Waals surface area contributed by atoms with Gasteiger partial charge >= 0.3 is 5.97 Å². The second-order valence-corrected chi connectivity index (χ2v) is 10.8. The Bertz CT molecular complexity index is 879. The average Bonchev–Trinajstić information content (AvgIpc) is 2.95. The van der Waals surface area contributed by atoms with Crippen molar-refractivity contribution in [3.05, 3.63) is 29.8 Å². The summed E-state index contributed by atoms with van der Waals surface area (Å²) in [6.07, 6.45) is 0.905. The van der Waals surface area contributed by atoms with E-state index >= 15 is 0 Å². The van der Waals surface area contributed by atoms with Gasteiger partial charge in [-0.15, -0.1) is 4.31 Å². The molecule has 0 radical (unpaired) electrons. The van der Waals surface area contributed by atoms with E-state index in [2.05, 4.69) is 6.92 Å². The summed E-state index contributed by atoms with van der Waals surface area (Å²) in [6, 6.07) is 6.70. The number of carbonyl (C=O) groups is 2. The van der Waals surface area contributed by atoms with Crippen molar-refractivity contribution in [1.82, 2.24) is 9.21 Å². The van der Waals surface area contributed by atoms with Gasteiger partial charge in [-0.2, -0.15) is 0 Å². The van der Waals surface area contributed by atoms with Crippen LogP contribution in [0.5, 0.6) is 0 Å². The van der Waals surface area contributed by atoms with Gasteiger partial charge in [-0.25, -0.2) is 0 Å². The van der Waals surface area contributed by atoms with E-state index in [4.69, 9.17) is 4.74 Å². The minimum atomic E-state index is -3.70. The second kappa shape index (κ2) is 9.59. The molecule has 3 atom stereocenters. The number of piperidine rings is 1. The molecule has 0 aliphatic carbocycles. The van der Waals surface area contributed by atoms with Gasteiger partial charge in [0, 0.05) is 19.1 Å². The molecule has 8 nitrogen and oxygen atoms in total. The quantitative estimate of drug-likeness (QED) is 0.487. The summed E-state index contributed by atoms with van der Waals surface area (Å²) in [5, 5.41) is 10.6. The van der Waals surface area contributed by atoms with Crippen LogP contribution in [0.3, 0.4) is 0 Å². The third-order valence-electron chi connectivity index (χ3n) is 6.61. The van der Waals surface area contributed by atoms with Gasteiger partial charge < -0.3 is 19.3 Å². The van der Waals surface area contributed by atoms with Crippen LogP contribution in [0.2, 0.25) is 0 Å². The predicted octanol–water partition coefficient (Wildman–Crippen LogP) is 2.17. The van der Waals surface area contributed by atoms with Crippen molar-refractivity contribution in [3.8, 4) is 0 Å². The number of carbonyl (C=O) groups excluding carboxylic acids is 2. The van der Waals surface area contributed by atoms with E-state index in [1.807, 2.05) is 26.0 Å². The summed E-state index contributed by atoms with van der Waals surface area (Å²) in [5.41, 5.74) is 0.126. The van der Waals surface area contributed by atoms with Crippen LogP contribution in [0.25, 0.3) is 0 Å². The number of hydrogen-bond donors (Lipinski definition) is 1. The van der Waals surface area contributed by atoms with Gasteiger partial charge in [-0.05, 0) is 57.7 Å². The van der Waals surface area contributed by atoms with Crippen molar-refractivity contribution in [3.63, 3.8) is 0 Å². The van der Waals surface area contributed by atoms with Gasteiger partial charge in [0.2, 0.25) is 0 Å². The number of hydrogen-bond acceptors (Lipinski definition) is 6. The number of aryl methyl sites for hydroxylation is 1. The van der Waals surface area contributed by atoms with E-state index < -0.39 is 39.8 Å². The summed E-state index contributed by atoms with van der Waals surface area (Å²) in [4.78, 5) is 27.4. The molecule has 1 aromatic carbocycles. The van der Waals surface area contributed by atoms with Gasteiger partial charge in [0.15, 0.2) is 15.3 Å². The van der Waals surface area contributed by atoms with E-state index in [0.29, 0.717) is 0 Å². The lowest BCUT2D eigenvalue weighted by Crippen LogP contribution is -2.60. The van der Waals surface area contributed by atoms with Crippen LogP contribution in [-0.4, -0.2) is 68.1 Å². The number of benzene rings is 1. The average molecular weight is 467 g/mol. The maximum absolute atomic E-state index is 13.2. The van der Waals surface area contributed by atoms with E-state index in [1.54, 1.807) is 24.0 Å². The highest BCUT2D eigenvalue weighted by atomic mass is 32.3. The fourth-order valence-corrected chi connectivity index (χ4v) is 6.67. The third-order valence-corrected chi connectivity index (χ3v) is 8.52.